The molecule has 3 aromatic rings. The van der Waals surface area contributed by atoms with Gasteiger partial charge in [-0.25, -0.2) is 8.93 Å². The van der Waals surface area contributed by atoms with Crippen LogP contribution in [0.2, 0.25) is 0 Å². The number of hydrogen-bond donors (Lipinski definition) is 1. The van der Waals surface area contributed by atoms with Gasteiger partial charge >= 0.3 is 12.7 Å². The largest absolute Gasteiger partial charge is 0.573 e. The normalized spacial score (nSPS) is 14.3. The molecule has 0 spiro atoms. The van der Waals surface area contributed by atoms with E-state index in [1.165, 1.54) is 24.3 Å². The summed E-state index contributed by atoms with van der Waals surface area (Å²) < 4.78 is 108. The second kappa shape index (κ2) is 11.1. The molecule has 3 rings (SSSR count). The van der Waals surface area contributed by atoms with Crippen LogP contribution >= 0.6 is 0 Å². The van der Waals surface area contributed by atoms with E-state index in [0.29, 0.717) is 12.1 Å². The molecule has 0 aliphatic rings. The van der Waals surface area contributed by atoms with Gasteiger partial charge in [0.2, 0.25) is 0 Å². The maximum Gasteiger partial charge on any atom is 0.573 e. The third-order valence-electron chi connectivity index (χ3n) is 5.45. The van der Waals surface area contributed by atoms with E-state index in [0.717, 1.165) is 24.3 Å². The van der Waals surface area contributed by atoms with E-state index in [4.69, 9.17) is 4.52 Å². The summed E-state index contributed by atoms with van der Waals surface area (Å²) in [6.07, 6.45) is -9.67. The van der Waals surface area contributed by atoms with Gasteiger partial charge in [0.05, 0.1) is 22.2 Å². The molecule has 0 bridgehead atoms. The zero-order valence-electron chi connectivity index (χ0n) is 19.9. The first-order chi connectivity index (χ1) is 17.2. The lowest BCUT2D eigenvalue weighted by Gasteiger charge is -2.36. The molecule has 0 aliphatic heterocycles. The van der Waals surface area contributed by atoms with Crippen molar-refractivity contribution in [3.63, 3.8) is 0 Å². The van der Waals surface area contributed by atoms with Crippen LogP contribution in [-0.4, -0.2) is 27.3 Å². The van der Waals surface area contributed by atoms with Crippen LogP contribution in [0.3, 0.4) is 0 Å². The Labute approximate surface area is 211 Å². The first-order valence-corrected chi connectivity index (χ1v) is 12.3. The molecule has 0 amide bonds. The fourth-order valence-electron chi connectivity index (χ4n) is 3.63. The first-order valence-electron chi connectivity index (χ1n) is 11.0. The Kier molecular flexibility index (Phi) is 8.58. The molecular weight excluding hydrogens is 526 g/mol. The average Bonchev–Trinajstić information content (AvgIpc) is 3.20. The van der Waals surface area contributed by atoms with Gasteiger partial charge in [0.25, 0.3) is 0 Å². The Morgan fingerprint density at radius 1 is 0.946 bits per heavy atom. The summed E-state index contributed by atoms with van der Waals surface area (Å²) in [7, 11) is -1.79. The van der Waals surface area contributed by atoms with Crippen molar-refractivity contribution in [1.82, 2.24) is 9.88 Å². The summed E-state index contributed by atoms with van der Waals surface area (Å²) in [5.41, 5.74) is -0.889. The minimum Gasteiger partial charge on any atom is -0.406 e. The molecule has 0 saturated carbocycles. The molecular formula is C24H24F6N2O4S. The van der Waals surface area contributed by atoms with Gasteiger partial charge in [-0.1, -0.05) is 36.3 Å². The molecule has 6 nitrogen and oxygen atoms in total. The van der Waals surface area contributed by atoms with E-state index in [-0.39, 0.29) is 23.3 Å². The molecule has 0 saturated heterocycles. The molecule has 0 aliphatic carbocycles. The van der Waals surface area contributed by atoms with Crippen molar-refractivity contribution in [3.8, 4) is 11.5 Å². The van der Waals surface area contributed by atoms with Crippen molar-refractivity contribution in [2.24, 2.45) is 0 Å². The van der Waals surface area contributed by atoms with Crippen LogP contribution in [0.5, 0.6) is 11.5 Å². The second-order valence-electron chi connectivity index (χ2n) is 8.29. The Hall–Kier alpha value is -3.06. The highest BCUT2D eigenvalue weighted by Gasteiger charge is 2.40. The minimum absolute atomic E-state index is 0.129. The Morgan fingerprint density at radius 3 is 1.86 bits per heavy atom. The van der Waals surface area contributed by atoms with Gasteiger partial charge in [0, 0.05) is 17.7 Å². The van der Waals surface area contributed by atoms with Crippen molar-refractivity contribution in [1.29, 1.82) is 0 Å². The SMILES string of the molecule is CCC(C)S(=O)NC(Cc1cc(C)no1)(c1cccc(OC(F)(F)F)c1)c1cccc(OC(F)(F)F)c1. The number of aromatic nitrogens is 1. The van der Waals surface area contributed by atoms with Gasteiger partial charge in [0.1, 0.15) is 17.3 Å². The Bertz CT molecular complexity index is 1170. The molecule has 1 N–H and O–H groups in total. The summed E-state index contributed by atoms with van der Waals surface area (Å²) >= 11 is 0. The van der Waals surface area contributed by atoms with Crippen molar-refractivity contribution in [2.75, 3.05) is 0 Å². The van der Waals surface area contributed by atoms with E-state index in [1.807, 2.05) is 0 Å². The fourth-order valence-corrected chi connectivity index (χ4v) is 4.78. The van der Waals surface area contributed by atoms with Gasteiger partial charge in [-0.15, -0.1) is 26.3 Å². The van der Waals surface area contributed by atoms with Crippen LogP contribution in [0.1, 0.15) is 42.8 Å². The highest BCUT2D eigenvalue weighted by molar-refractivity contribution is 7.83. The lowest BCUT2D eigenvalue weighted by atomic mass is 9.80. The molecule has 0 fully saturated rings. The van der Waals surface area contributed by atoms with E-state index in [9.17, 15) is 30.6 Å². The lowest BCUT2D eigenvalue weighted by molar-refractivity contribution is -0.275. The minimum atomic E-state index is -4.99. The molecule has 202 valence electrons. The number of rotatable bonds is 10. The average molecular weight is 551 g/mol. The third-order valence-corrected chi connectivity index (χ3v) is 7.07. The molecule has 0 radical (unpaired) electrons. The van der Waals surface area contributed by atoms with Crippen molar-refractivity contribution >= 4 is 11.0 Å². The number of alkyl halides is 6. The predicted molar refractivity (Wildman–Crippen MR) is 123 cm³/mol. The van der Waals surface area contributed by atoms with Crippen LogP contribution < -0.4 is 14.2 Å². The maximum absolute atomic E-state index is 13.3. The zero-order valence-corrected chi connectivity index (χ0v) is 20.8. The first kappa shape index (κ1) is 28.5. The summed E-state index contributed by atoms with van der Waals surface area (Å²) in [6.45, 7) is 5.13. The lowest BCUT2D eigenvalue weighted by Crippen LogP contribution is -2.48. The van der Waals surface area contributed by atoms with Crippen LogP contribution in [0.4, 0.5) is 26.3 Å². The molecule has 37 heavy (non-hydrogen) atoms. The van der Waals surface area contributed by atoms with Gasteiger partial charge in [-0.05, 0) is 55.7 Å². The van der Waals surface area contributed by atoms with Crippen molar-refractivity contribution < 1.29 is 44.5 Å². The monoisotopic (exact) mass is 550 g/mol. The highest BCUT2D eigenvalue weighted by atomic mass is 32.2. The van der Waals surface area contributed by atoms with Crippen molar-refractivity contribution in [3.05, 3.63) is 77.2 Å². The highest BCUT2D eigenvalue weighted by Crippen LogP contribution is 2.39. The summed E-state index contributed by atoms with van der Waals surface area (Å²) in [5, 5.41) is 3.41. The van der Waals surface area contributed by atoms with E-state index >= 15 is 0 Å². The zero-order chi connectivity index (χ0) is 27.4. The number of aryl methyl sites for hydroxylation is 1. The molecule has 2 unspecified atom stereocenters. The van der Waals surface area contributed by atoms with Gasteiger partial charge in [-0.3, -0.25) is 0 Å². The molecule has 13 heteroatoms. The van der Waals surface area contributed by atoms with Crippen LogP contribution in [0.25, 0.3) is 0 Å². The number of ether oxygens (including phenoxy) is 2. The standard InChI is InChI=1S/C24H24F6N2O4S/c1-4-16(3)37(33)32-22(14-21-11-15(2)31-36-21,17-7-5-9-19(12-17)34-23(25,26)27)18-8-6-10-20(13-18)35-24(28,29)30/h5-13,16,32H,4,14H2,1-3H3. The molecule has 1 heterocycles. The Balaban J connectivity index is 2.27. The quantitative estimate of drug-likeness (QED) is 0.299. The molecule has 2 aromatic carbocycles. The van der Waals surface area contributed by atoms with Crippen LogP contribution in [0, 0.1) is 6.92 Å². The summed E-state index contributed by atoms with van der Waals surface area (Å²) in [6, 6.07) is 11.4. The number of nitrogens with one attached hydrogen (secondary N) is 1. The van der Waals surface area contributed by atoms with E-state index in [1.54, 1.807) is 26.8 Å². The van der Waals surface area contributed by atoms with Crippen molar-refractivity contribution in [2.45, 2.75) is 57.1 Å². The maximum atomic E-state index is 13.3. The summed E-state index contributed by atoms with van der Waals surface area (Å²) in [4.78, 5) is 0. The second-order valence-corrected chi connectivity index (χ2v) is 9.89. The molecule has 1 aromatic heterocycles. The van der Waals surface area contributed by atoms with Gasteiger partial charge in [0.15, 0.2) is 0 Å². The summed E-state index contributed by atoms with van der Waals surface area (Å²) in [5.74, 6) is -0.890. The van der Waals surface area contributed by atoms with E-state index < -0.39 is 46.0 Å². The predicted octanol–water partition coefficient (Wildman–Crippen LogP) is 6.32. The number of halogens is 6. The van der Waals surface area contributed by atoms with Crippen LogP contribution in [0.15, 0.2) is 59.1 Å². The van der Waals surface area contributed by atoms with Gasteiger partial charge in [-0.2, -0.15) is 0 Å². The third kappa shape index (κ3) is 7.71. The number of hydrogen-bond acceptors (Lipinski definition) is 5. The van der Waals surface area contributed by atoms with Gasteiger partial charge < -0.3 is 14.0 Å². The smallest absolute Gasteiger partial charge is 0.406 e. The molecule has 2 atom stereocenters. The fraction of sp³-hybridized carbons (Fsp3) is 0.375. The van der Waals surface area contributed by atoms with E-state index in [2.05, 4.69) is 19.4 Å². The Morgan fingerprint density at radius 2 is 1.46 bits per heavy atom. The van der Waals surface area contributed by atoms with Crippen LogP contribution in [-0.2, 0) is 22.9 Å². The number of nitrogens with zero attached hydrogens (tertiary/aromatic N) is 1. The topological polar surface area (TPSA) is 73.6 Å². The number of benzene rings is 2.